The number of nitrogens with zero attached hydrogens (tertiary/aromatic N) is 2. The molecule has 2 aromatic carbocycles. The van der Waals surface area contributed by atoms with E-state index in [1.165, 1.54) is 5.56 Å². The van der Waals surface area contributed by atoms with Gasteiger partial charge in [0.1, 0.15) is 6.17 Å². The van der Waals surface area contributed by atoms with E-state index in [9.17, 15) is 9.59 Å². The Kier molecular flexibility index (Phi) is 5.07. The summed E-state index contributed by atoms with van der Waals surface area (Å²) in [5.41, 5.74) is 4.17. The number of amides is 2. The molecule has 1 fully saturated rings. The SMILES string of the molecule is CCc1ccc(NC(=O)c2ccc3c(c2)N(CC)[C@@H]2CCCCN2C3=O)cc1. The lowest BCUT2D eigenvalue weighted by molar-refractivity contribution is 0.0582. The third kappa shape index (κ3) is 3.26. The van der Waals surface area contributed by atoms with E-state index < -0.39 is 0 Å². The maximum Gasteiger partial charge on any atom is 0.257 e. The first-order chi connectivity index (χ1) is 13.6. The Balaban J connectivity index is 1.62. The van der Waals surface area contributed by atoms with Gasteiger partial charge in [0.25, 0.3) is 11.8 Å². The maximum absolute atomic E-state index is 12.9. The van der Waals surface area contributed by atoms with Gasteiger partial charge in [-0.05, 0) is 68.5 Å². The Morgan fingerprint density at radius 3 is 2.61 bits per heavy atom. The van der Waals surface area contributed by atoms with E-state index in [1.54, 1.807) is 12.1 Å². The van der Waals surface area contributed by atoms with E-state index in [2.05, 4.69) is 24.1 Å². The van der Waals surface area contributed by atoms with Crippen molar-refractivity contribution in [1.82, 2.24) is 4.90 Å². The minimum absolute atomic E-state index is 0.0894. The highest BCUT2D eigenvalue weighted by Gasteiger charge is 2.38. The molecule has 146 valence electrons. The third-order valence-electron chi connectivity index (χ3n) is 5.85. The highest BCUT2D eigenvalue weighted by molar-refractivity contribution is 6.08. The largest absolute Gasteiger partial charge is 0.351 e. The fourth-order valence-corrected chi connectivity index (χ4v) is 4.29. The molecule has 2 aliphatic heterocycles. The zero-order valence-corrected chi connectivity index (χ0v) is 16.6. The molecule has 5 nitrogen and oxygen atoms in total. The molecular formula is C23H27N3O2. The van der Waals surface area contributed by atoms with Gasteiger partial charge in [0.2, 0.25) is 0 Å². The van der Waals surface area contributed by atoms with Crippen molar-refractivity contribution in [3.63, 3.8) is 0 Å². The van der Waals surface area contributed by atoms with Gasteiger partial charge in [0.05, 0.1) is 11.3 Å². The highest BCUT2D eigenvalue weighted by Crippen LogP contribution is 2.35. The van der Waals surface area contributed by atoms with Crippen LogP contribution in [0.15, 0.2) is 42.5 Å². The van der Waals surface area contributed by atoms with Crippen molar-refractivity contribution in [1.29, 1.82) is 0 Å². The molecule has 2 amide bonds. The Morgan fingerprint density at radius 2 is 1.89 bits per heavy atom. The van der Waals surface area contributed by atoms with E-state index in [0.29, 0.717) is 11.1 Å². The summed E-state index contributed by atoms with van der Waals surface area (Å²) >= 11 is 0. The van der Waals surface area contributed by atoms with Crippen LogP contribution in [0.4, 0.5) is 11.4 Å². The minimum Gasteiger partial charge on any atom is -0.351 e. The van der Waals surface area contributed by atoms with Crippen LogP contribution in [0, 0.1) is 0 Å². The van der Waals surface area contributed by atoms with Gasteiger partial charge in [0.15, 0.2) is 0 Å². The van der Waals surface area contributed by atoms with E-state index >= 15 is 0 Å². The fourth-order valence-electron chi connectivity index (χ4n) is 4.29. The molecule has 1 N–H and O–H groups in total. The normalized spacial score (nSPS) is 18.5. The molecule has 0 radical (unpaired) electrons. The first-order valence-electron chi connectivity index (χ1n) is 10.2. The summed E-state index contributed by atoms with van der Waals surface area (Å²) < 4.78 is 0. The number of fused-ring (bicyclic) bond motifs is 2. The van der Waals surface area contributed by atoms with Crippen LogP contribution in [0.5, 0.6) is 0 Å². The summed E-state index contributed by atoms with van der Waals surface area (Å²) in [6.07, 6.45) is 4.26. The van der Waals surface area contributed by atoms with Crippen molar-refractivity contribution in [3.05, 3.63) is 59.2 Å². The highest BCUT2D eigenvalue weighted by atomic mass is 16.2. The number of piperidine rings is 1. The lowest BCUT2D eigenvalue weighted by atomic mass is 9.97. The second kappa shape index (κ2) is 7.66. The van der Waals surface area contributed by atoms with Gasteiger partial charge in [-0.3, -0.25) is 9.59 Å². The summed E-state index contributed by atoms with van der Waals surface area (Å²) in [4.78, 5) is 30.0. The molecule has 0 aromatic heterocycles. The smallest absolute Gasteiger partial charge is 0.257 e. The molecule has 4 rings (SSSR count). The summed E-state index contributed by atoms with van der Waals surface area (Å²) in [7, 11) is 0. The topological polar surface area (TPSA) is 52.7 Å². The van der Waals surface area contributed by atoms with Gasteiger partial charge in [-0.1, -0.05) is 19.1 Å². The Hall–Kier alpha value is -2.82. The predicted molar refractivity (Wildman–Crippen MR) is 112 cm³/mol. The van der Waals surface area contributed by atoms with Crippen molar-refractivity contribution in [2.45, 2.75) is 45.7 Å². The van der Waals surface area contributed by atoms with Crippen molar-refractivity contribution in [2.24, 2.45) is 0 Å². The average Bonchev–Trinajstić information content (AvgIpc) is 2.74. The molecule has 0 unspecified atom stereocenters. The first-order valence-corrected chi connectivity index (χ1v) is 10.2. The van der Waals surface area contributed by atoms with Gasteiger partial charge in [-0.25, -0.2) is 0 Å². The molecule has 1 atom stereocenters. The number of carbonyl (C=O) groups excluding carboxylic acids is 2. The standard InChI is InChI=1S/C23H27N3O2/c1-3-16-8-11-18(12-9-16)24-22(27)17-10-13-19-20(15-17)25(4-2)21-7-5-6-14-26(21)23(19)28/h8-13,15,21H,3-7,14H2,1-2H3,(H,24,27)/t21-/m0/s1. The number of rotatable bonds is 4. The van der Waals surface area contributed by atoms with Crippen LogP contribution >= 0.6 is 0 Å². The zero-order chi connectivity index (χ0) is 19.7. The monoisotopic (exact) mass is 377 g/mol. The van der Waals surface area contributed by atoms with Crippen LogP contribution < -0.4 is 10.2 Å². The van der Waals surface area contributed by atoms with Gasteiger partial charge in [0, 0.05) is 24.3 Å². The van der Waals surface area contributed by atoms with Crippen LogP contribution in [0.1, 0.15) is 59.4 Å². The molecule has 5 heteroatoms. The van der Waals surface area contributed by atoms with Crippen molar-refractivity contribution >= 4 is 23.2 Å². The quantitative estimate of drug-likeness (QED) is 0.865. The molecule has 0 spiro atoms. The minimum atomic E-state index is -0.151. The molecular weight excluding hydrogens is 350 g/mol. The Morgan fingerprint density at radius 1 is 1.11 bits per heavy atom. The van der Waals surface area contributed by atoms with Crippen LogP contribution in [-0.2, 0) is 6.42 Å². The van der Waals surface area contributed by atoms with Crippen LogP contribution in [0.2, 0.25) is 0 Å². The summed E-state index contributed by atoms with van der Waals surface area (Å²) in [6.45, 7) is 5.84. The predicted octanol–water partition coefficient (Wildman–Crippen LogP) is 4.29. The second-order valence-electron chi connectivity index (χ2n) is 7.50. The average molecular weight is 377 g/mol. The van der Waals surface area contributed by atoms with Gasteiger partial charge >= 0.3 is 0 Å². The van der Waals surface area contributed by atoms with Crippen molar-refractivity contribution < 1.29 is 9.59 Å². The van der Waals surface area contributed by atoms with E-state index in [4.69, 9.17) is 0 Å². The number of hydrogen-bond donors (Lipinski definition) is 1. The Labute approximate surface area is 166 Å². The van der Waals surface area contributed by atoms with Gasteiger partial charge in [-0.2, -0.15) is 0 Å². The number of anilines is 2. The number of aryl methyl sites for hydroxylation is 1. The van der Waals surface area contributed by atoms with Crippen LogP contribution in [0.25, 0.3) is 0 Å². The molecule has 2 aromatic rings. The van der Waals surface area contributed by atoms with Gasteiger partial charge < -0.3 is 15.1 Å². The lowest BCUT2D eigenvalue weighted by Crippen LogP contribution is -2.57. The number of carbonyl (C=O) groups is 2. The maximum atomic E-state index is 12.9. The van der Waals surface area contributed by atoms with Crippen LogP contribution in [-0.4, -0.2) is 36.0 Å². The lowest BCUT2D eigenvalue weighted by Gasteiger charge is -2.47. The van der Waals surface area contributed by atoms with Crippen molar-refractivity contribution in [2.75, 3.05) is 23.3 Å². The summed E-state index contributed by atoms with van der Waals surface area (Å²) in [6, 6.07) is 13.3. The molecule has 0 aliphatic carbocycles. The third-order valence-corrected chi connectivity index (χ3v) is 5.85. The molecule has 2 aliphatic rings. The number of benzene rings is 2. The first kappa shape index (κ1) is 18.5. The molecule has 1 saturated heterocycles. The molecule has 28 heavy (non-hydrogen) atoms. The van der Waals surface area contributed by atoms with E-state index in [0.717, 1.165) is 50.1 Å². The fraction of sp³-hybridized carbons (Fsp3) is 0.391. The van der Waals surface area contributed by atoms with E-state index in [1.807, 2.05) is 35.2 Å². The Bertz CT molecular complexity index is 891. The molecule has 0 bridgehead atoms. The van der Waals surface area contributed by atoms with Crippen LogP contribution in [0.3, 0.4) is 0 Å². The zero-order valence-electron chi connectivity index (χ0n) is 16.6. The van der Waals surface area contributed by atoms with Crippen molar-refractivity contribution in [3.8, 4) is 0 Å². The second-order valence-corrected chi connectivity index (χ2v) is 7.50. The summed E-state index contributed by atoms with van der Waals surface area (Å²) in [5.74, 6) is -0.0619. The number of hydrogen-bond acceptors (Lipinski definition) is 3. The molecule has 0 saturated carbocycles. The van der Waals surface area contributed by atoms with E-state index in [-0.39, 0.29) is 18.0 Å². The number of nitrogens with one attached hydrogen (secondary N) is 1. The summed E-state index contributed by atoms with van der Waals surface area (Å²) in [5, 5.41) is 2.96. The van der Waals surface area contributed by atoms with Gasteiger partial charge in [-0.15, -0.1) is 0 Å². The molecule has 2 heterocycles.